The predicted octanol–water partition coefficient (Wildman–Crippen LogP) is 1.68. The summed E-state index contributed by atoms with van der Waals surface area (Å²) >= 11 is 0. The van der Waals surface area contributed by atoms with Crippen LogP contribution in [0.5, 0.6) is 0 Å². The largest absolute Gasteiger partial charge is 0.481 e. The van der Waals surface area contributed by atoms with Crippen molar-refractivity contribution in [2.45, 2.75) is 26.3 Å². The van der Waals surface area contributed by atoms with E-state index in [1.54, 1.807) is 44.3 Å². The van der Waals surface area contributed by atoms with Crippen LogP contribution in [-0.4, -0.2) is 32.4 Å². The number of fused-ring (bicyclic) bond motifs is 1. The Morgan fingerprint density at radius 2 is 1.65 bits per heavy atom. The van der Waals surface area contributed by atoms with Crippen molar-refractivity contribution >= 4 is 17.8 Å². The number of aliphatic carboxylic acids is 1. The minimum atomic E-state index is -1.08. The molecule has 1 aliphatic rings. The Labute approximate surface area is 149 Å². The van der Waals surface area contributed by atoms with Crippen molar-refractivity contribution in [3.8, 4) is 0 Å². The lowest BCUT2D eigenvalue weighted by Crippen LogP contribution is -2.35. The first-order chi connectivity index (χ1) is 12.2. The standard InChI is InChI=1S/C19H18N2O5/c1-10-8-14(11(2)19(25)26)15(16(22)20(10)3)9-21-17(23)12-6-4-5-7-13(12)18(21)24/h4-8,11H,9H2,1-3H3,(H,25,26). The molecule has 1 unspecified atom stereocenters. The summed E-state index contributed by atoms with van der Waals surface area (Å²) in [5.74, 6) is -2.99. The van der Waals surface area contributed by atoms with Crippen molar-refractivity contribution in [1.82, 2.24) is 9.47 Å². The molecule has 1 aromatic heterocycles. The summed E-state index contributed by atoms with van der Waals surface area (Å²) < 4.78 is 1.38. The van der Waals surface area contributed by atoms with E-state index in [4.69, 9.17) is 0 Å². The number of hydrogen-bond acceptors (Lipinski definition) is 4. The Balaban J connectivity index is 2.10. The zero-order chi connectivity index (χ0) is 19.2. The molecule has 1 aliphatic heterocycles. The first-order valence-corrected chi connectivity index (χ1v) is 8.11. The number of carbonyl (C=O) groups excluding carboxylic acids is 2. The van der Waals surface area contributed by atoms with Gasteiger partial charge in [-0.15, -0.1) is 0 Å². The first-order valence-electron chi connectivity index (χ1n) is 8.11. The molecule has 0 radical (unpaired) electrons. The minimum Gasteiger partial charge on any atom is -0.481 e. The number of nitrogens with zero attached hydrogens (tertiary/aromatic N) is 2. The van der Waals surface area contributed by atoms with E-state index in [2.05, 4.69) is 0 Å². The number of aryl methyl sites for hydroxylation is 1. The second-order valence-corrected chi connectivity index (χ2v) is 6.39. The van der Waals surface area contributed by atoms with Gasteiger partial charge in [0.1, 0.15) is 0 Å². The van der Waals surface area contributed by atoms with Crippen molar-refractivity contribution in [1.29, 1.82) is 0 Å². The maximum absolute atomic E-state index is 12.7. The van der Waals surface area contributed by atoms with E-state index < -0.39 is 29.3 Å². The molecule has 0 aliphatic carbocycles. The highest BCUT2D eigenvalue weighted by Gasteiger charge is 2.36. The first kappa shape index (κ1) is 17.6. The number of carbonyl (C=O) groups is 3. The van der Waals surface area contributed by atoms with Crippen LogP contribution in [0, 0.1) is 6.92 Å². The van der Waals surface area contributed by atoms with Crippen molar-refractivity contribution in [3.05, 3.63) is 68.6 Å². The van der Waals surface area contributed by atoms with E-state index in [0.717, 1.165) is 4.90 Å². The number of hydrogen-bond donors (Lipinski definition) is 1. The molecule has 26 heavy (non-hydrogen) atoms. The average Bonchev–Trinajstić information content (AvgIpc) is 2.86. The van der Waals surface area contributed by atoms with Gasteiger partial charge in [0.05, 0.1) is 23.6 Å². The van der Waals surface area contributed by atoms with Gasteiger partial charge in [-0.05, 0) is 37.6 Å². The highest BCUT2D eigenvalue weighted by atomic mass is 16.4. The lowest BCUT2D eigenvalue weighted by atomic mass is 9.95. The third-order valence-corrected chi connectivity index (χ3v) is 4.84. The molecule has 0 spiro atoms. The molecule has 7 nitrogen and oxygen atoms in total. The number of carboxylic acid groups (broad SMARTS) is 1. The number of amides is 2. The third kappa shape index (κ3) is 2.61. The zero-order valence-corrected chi connectivity index (χ0v) is 14.6. The van der Waals surface area contributed by atoms with Gasteiger partial charge in [0, 0.05) is 18.3 Å². The normalized spacial score (nSPS) is 14.5. The van der Waals surface area contributed by atoms with Gasteiger partial charge in [0.25, 0.3) is 17.4 Å². The summed E-state index contributed by atoms with van der Waals surface area (Å²) in [4.78, 5) is 50.3. The fraction of sp³-hybridized carbons (Fsp3) is 0.263. The molecule has 0 bridgehead atoms. The topological polar surface area (TPSA) is 96.7 Å². The van der Waals surface area contributed by atoms with Crippen LogP contribution in [0.2, 0.25) is 0 Å². The van der Waals surface area contributed by atoms with E-state index >= 15 is 0 Å². The summed E-state index contributed by atoms with van der Waals surface area (Å²) in [6.45, 7) is 2.92. The van der Waals surface area contributed by atoms with E-state index in [0.29, 0.717) is 11.3 Å². The van der Waals surface area contributed by atoms with E-state index in [9.17, 15) is 24.3 Å². The smallest absolute Gasteiger partial charge is 0.310 e. The Hall–Kier alpha value is -3.22. The lowest BCUT2D eigenvalue weighted by Gasteiger charge is -2.20. The van der Waals surface area contributed by atoms with Crippen molar-refractivity contribution in [2.24, 2.45) is 7.05 Å². The van der Waals surface area contributed by atoms with Crippen molar-refractivity contribution in [2.75, 3.05) is 0 Å². The highest BCUT2D eigenvalue weighted by molar-refractivity contribution is 6.21. The van der Waals surface area contributed by atoms with Crippen molar-refractivity contribution in [3.63, 3.8) is 0 Å². The molecule has 1 N–H and O–H groups in total. The van der Waals surface area contributed by atoms with Crippen LogP contribution < -0.4 is 5.56 Å². The molecule has 134 valence electrons. The van der Waals surface area contributed by atoms with Gasteiger partial charge in [-0.1, -0.05) is 12.1 Å². The molecule has 7 heteroatoms. The minimum absolute atomic E-state index is 0.141. The van der Waals surface area contributed by atoms with Crippen LogP contribution in [0.3, 0.4) is 0 Å². The highest BCUT2D eigenvalue weighted by Crippen LogP contribution is 2.26. The van der Waals surface area contributed by atoms with Gasteiger partial charge in [-0.3, -0.25) is 24.1 Å². The molecular formula is C19H18N2O5. The Morgan fingerprint density at radius 1 is 1.12 bits per heavy atom. The molecule has 0 fully saturated rings. The van der Waals surface area contributed by atoms with E-state index in [1.165, 1.54) is 11.5 Å². The fourth-order valence-corrected chi connectivity index (χ4v) is 3.11. The summed E-state index contributed by atoms with van der Waals surface area (Å²) in [5, 5.41) is 9.36. The Morgan fingerprint density at radius 3 is 2.15 bits per heavy atom. The molecule has 2 amide bonds. The van der Waals surface area contributed by atoms with E-state index in [-0.39, 0.29) is 23.2 Å². The Bertz CT molecular complexity index is 970. The number of carboxylic acids is 1. The van der Waals surface area contributed by atoms with Gasteiger partial charge in [0.15, 0.2) is 0 Å². The molecule has 1 atom stereocenters. The van der Waals surface area contributed by atoms with Crippen LogP contribution in [0.15, 0.2) is 35.1 Å². The quantitative estimate of drug-likeness (QED) is 0.843. The summed E-state index contributed by atoms with van der Waals surface area (Å²) in [7, 11) is 1.57. The Kier molecular flexibility index (Phi) is 4.23. The van der Waals surface area contributed by atoms with Crippen LogP contribution in [0.4, 0.5) is 0 Å². The van der Waals surface area contributed by atoms with E-state index in [1.807, 2.05) is 0 Å². The molecular weight excluding hydrogens is 336 g/mol. The van der Waals surface area contributed by atoms with Crippen LogP contribution >= 0.6 is 0 Å². The predicted molar refractivity (Wildman–Crippen MR) is 93.1 cm³/mol. The molecule has 3 rings (SSSR count). The molecule has 2 heterocycles. The van der Waals surface area contributed by atoms with Gasteiger partial charge in [-0.2, -0.15) is 0 Å². The maximum Gasteiger partial charge on any atom is 0.310 e. The zero-order valence-electron chi connectivity index (χ0n) is 14.6. The lowest BCUT2D eigenvalue weighted by molar-refractivity contribution is -0.138. The van der Waals surface area contributed by atoms with Crippen LogP contribution in [0.1, 0.15) is 50.4 Å². The molecule has 2 aromatic rings. The maximum atomic E-state index is 12.7. The molecule has 1 aromatic carbocycles. The van der Waals surface area contributed by atoms with Gasteiger partial charge < -0.3 is 9.67 Å². The molecule has 0 saturated heterocycles. The SMILES string of the molecule is Cc1cc(C(C)C(=O)O)c(CN2C(=O)c3ccccc3C2=O)c(=O)n1C. The third-order valence-electron chi connectivity index (χ3n) is 4.84. The number of pyridine rings is 1. The number of imide groups is 1. The second-order valence-electron chi connectivity index (χ2n) is 6.39. The monoisotopic (exact) mass is 354 g/mol. The summed E-state index contributed by atoms with van der Waals surface area (Å²) in [6, 6.07) is 8.06. The second kappa shape index (κ2) is 6.25. The fourth-order valence-electron chi connectivity index (χ4n) is 3.11. The molecule has 0 saturated carbocycles. The average molecular weight is 354 g/mol. The van der Waals surface area contributed by atoms with Crippen molar-refractivity contribution < 1.29 is 19.5 Å². The summed E-state index contributed by atoms with van der Waals surface area (Å²) in [5.41, 5.74) is 1.22. The number of rotatable bonds is 4. The number of benzene rings is 1. The van der Waals surface area contributed by atoms with Crippen LogP contribution in [0.25, 0.3) is 0 Å². The van der Waals surface area contributed by atoms with Gasteiger partial charge >= 0.3 is 5.97 Å². The summed E-state index contributed by atoms with van der Waals surface area (Å²) in [6.07, 6.45) is 0. The van der Waals surface area contributed by atoms with Gasteiger partial charge in [-0.25, -0.2) is 0 Å². The number of aromatic nitrogens is 1. The van der Waals surface area contributed by atoms with Gasteiger partial charge in [0.2, 0.25) is 0 Å². The van der Waals surface area contributed by atoms with Crippen LogP contribution in [-0.2, 0) is 18.4 Å².